The molecule has 0 spiro atoms. The summed E-state index contributed by atoms with van der Waals surface area (Å²) in [6.45, 7) is 2.85. The highest BCUT2D eigenvalue weighted by Crippen LogP contribution is 2.29. The van der Waals surface area contributed by atoms with Crippen LogP contribution in [0.5, 0.6) is 5.75 Å². The van der Waals surface area contributed by atoms with E-state index in [1.165, 1.54) is 0 Å². The van der Waals surface area contributed by atoms with Crippen molar-refractivity contribution in [1.82, 2.24) is 4.98 Å². The highest BCUT2D eigenvalue weighted by atomic mass is 16.5. The number of fused-ring (bicyclic) bond motifs is 1. The van der Waals surface area contributed by atoms with Crippen LogP contribution in [0.4, 0.5) is 5.82 Å². The van der Waals surface area contributed by atoms with E-state index in [0.29, 0.717) is 6.61 Å². The average molecular weight is 274 g/mol. The van der Waals surface area contributed by atoms with Gasteiger partial charge in [-0.05, 0) is 18.6 Å². The molecule has 2 aromatic rings. The molecule has 4 heteroatoms. The Balaban J connectivity index is 2.34. The molecule has 1 unspecified atom stereocenters. The van der Waals surface area contributed by atoms with E-state index in [9.17, 15) is 0 Å². The maximum absolute atomic E-state index is 5.40. The first-order valence-electron chi connectivity index (χ1n) is 6.97. The Kier molecular flexibility index (Phi) is 5.18. The summed E-state index contributed by atoms with van der Waals surface area (Å²) in [6, 6.07) is 8.26. The lowest BCUT2D eigenvalue weighted by Gasteiger charge is -2.19. The van der Waals surface area contributed by atoms with Gasteiger partial charge in [-0.25, -0.2) is 4.98 Å². The molecule has 1 N–H and O–H groups in total. The first-order chi connectivity index (χ1) is 9.80. The van der Waals surface area contributed by atoms with Crippen LogP contribution in [0.3, 0.4) is 0 Å². The Morgan fingerprint density at radius 3 is 2.75 bits per heavy atom. The Morgan fingerprint density at radius 1 is 1.20 bits per heavy atom. The number of aromatic nitrogens is 1. The lowest BCUT2D eigenvalue weighted by atomic mass is 10.1. The molecule has 20 heavy (non-hydrogen) atoms. The second-order valence-corrected chi connectivity index (χ2v) is 4.80. The minimum atomic E-state index is 0.273. The topological polar surface area (TPSA) is 43.4 Å². The van der Waals surface area contributed by atoms with Crippen LogP contribution in [-0.4, -0.2) is 31.9 Å². The van der Waals surface area contributed by atoms with Crippen molar-refractivity contribution >= 4 is 16.6 Å². The van der Waals surface area contributed by atoms with E-state index in [4.69, 9.17) is 9.47 Å². The predicted octanol–water partition coefficient (Wildman–Crippen LogP) is 3.47. The monoisotopic (exact) mass is 274 g/mol. The highest BCUT2D eigenvalue weighted by Gasteiger charge is 2.11. The third-order valence-corrected chi connectivity index (χ3v) is 3.33. The summed E-state index contributed by atoms with van der Waals surface area (Å²) in [5.74, 6) is 1.75. The van der Waals surface area contributed by atoms with Crippen molar-refractivity contribution < 1.29 is 9.47 Å². The van der Waals surface area contributed by atoms with Crippen molar-refractivity contribution in [2.24, 2.45) is 0 Å². The van der Waals surface area contributed by atoms with E-state index >= 15 is 0 Å². The van der Waals surface area contributed by atoms with Gasteiger partial charge in [-0.2, -0.15) is 0 Å². The molecule has 4 nitrogen and oxygen atoms in total. The van der Waals surface area contributed by atoms with Gasteiger partial charge in [0.15, 0.2) is 0 Å². The summed E-state index contributed by atoms with van der Waals surface area (Å²) < 4.78 is 10.7. The fraction of sp³-hybridized carbons (Fsp3) is 0.438. The second kappa shape index (κ2) is 7.10. The largest absolute Gasteiger partial charge is 0.496 e. The number of ether oxygens (including phenoxy) is 2. The zero-order valence-corrected chi connectivity index (χ0v) is 12.3. The second-order valence-electron chi connectivity index (χ2n) is 4.80. The predicted molar refractivity (Wildman–Crippen MR) is 82.5 cm³/mol. The number of hydrogen-bond acceptors (Lipinski definition) is 4. The summed E-state index contributed by atoms with van der Waals surface area (Å²) in [7, 11) is 3.41. The normalized spacial score (nSPS) is 12.3. The average Bonchev–Trinajstić information content (AvgIpc) is 2.47. The van der Waals surface area contributed by atoms with E-state index in [2.05, 4.69) is 23.3 Å². The minimum absolute atomic E-state index is 0.273. The zero-order valence-electron chi connectivity index (χ0n) is 12.3. The van der Waals surface area contributed by atoms with Gasteiger partial charge in [-0.15, -0.1) is 0 Å². The van der Waals surface area contributed by atoms with Crippen LogP contribution < -0.4 is 10.1 Å². The molecule has 108 valence electrons. The van der Waals surface area contributed by atoms with E-state index in [1.54, 1.807) is 14.2 Å². The molecular weight excluding hydrogens is 252 g/mol. The third kappa shape index (κ3) is 3.20. The Labute approximate surface area is 120 Å². The molecular formula is C16H22N2O2. The quantitative estimate of drug-likeness (QED) is 0.839. The van der Waals surface area contributed by atoms with Gasteiger partial charge in [0.2, 0.25) is 0 Å². The van der Waals surface area contributed by atoms with Gasteiger partial charge < -0.3 is 14.8 Å². The van der Waals surface area contributed by atoms with E-state index < -0.39 is 0 Å². The van der Waals surface area contributed by atoms with Gasteiger partial charge in [0.1, 0.15) is 11.6 Å². The van der Waals surface area contributed by atoms with Crippen LogP contribution >= 0.6 is 0 Å². The highest BCUT2D eigenvalue weighted by molar-refractivity contribution is 5.95. The molecule has 1 heterocycles. The van der Waals surface area contributed by atoms with Crippen LogP contribution in [0, 0.1) is 0 Å². The first-order valence-corrected chi connectivity index (χ1v) is 6.97. The lowest BCUT2D eigenvalue weighted by Crippen LogP contribution is -2.25. The van der Waals surface area contributed by atoms with Crippen molar-refractivity contribution in [1.29, 1.82) is 0 Å². The molecule has 0 aliphatic rings. The molecule has 0 saturated carbocycles. The summed E-state index contributed by atoms with van der Waals surface area (Å²) in [6.07, 6.45) is 3.97. The van der Waals surface area contributed by atoms with E-state index in [-0.39, 0.29) is 6.04 Å². The maximum Gasteiger partial charge on any atom is 0.134 e. The van der Waals surface area contributed by atoms with Gasteiger partial charge in [-0.3, -0.25) is 0 Å². The standard InChI is InChI=1S/C16H22N2O2/c1-4-6-12(11-19-2)18-16-14-7-5-8-15(20-3)13(14)9-10-17-16/h5,7-10,12H,4,6,11H2,1-3H3,(H,17,18). The van der Waals surface area contributed by atoms with Gasteiger partial charge in [-0.1, -0.05) is 25.5 Å². The molecule has 2 rings (SSSR count). The molecule has 0 radical (unpaired) electrons. The Hall–Kier alpha value is -1.81. The van der Waals surface area contributed by atoms with Crippen LogP contribution in [-0.2, 0) is 4.74 Å². The van der Waals surface area contributed by atoms with E-state index in [0.717, 1.165) is 35.2 Å². The fourth-order valence-corrected chi connectivity index (χ4v) is 2.41. The lowest BCUT2D eigenvalue weighted by molar-refractivity contribution is 0.182. The summed E-state index contributed by atoms with van der Waals surface area (Å²) in [5, 5.41) is 5.63. The number of benzene rings is 1. The number of nitrogens with one attached hydrogen (secondary N) is 1. The first kappa shape index (κ1) is 14.6. The molecule has 0 aliphatic carbocycles. The number of hydrogen-bond donors (Lipinski definition) is 1. The summed E-state index contributed by atoms with van der Waals surface area (Å²) in [4.78, 5) is 4.46. The van der Waals surface area contributed by atoms with Gasteiger partial charge >= 0.3 is 0 Å². The third-order valence-electron chi connectivity index (χ3n) is 3.33. The van der Waals surface area contributed by atoms with Gasteiger partial charge in [0.05, 0.1) is 19.8 Å². The number of pyridine rings is 1. The molecule has 1 atom stereocenters. The summed E-state index contributed by atoms with van der Waals surface area (Å²) >= 11 is 0. The van der Waals surface area contributed by atoms with Gasteiger partial charge in [0, 0.05) is 24.1 Å². The Bertz CT molecular complexity index is 551. The minimum Gasteiger partial charge on any atom is -0.496 e. The molecule has 0 saturated heterocycles. The van der Waals surface area contributed by atoms with Crippen molar-refractivity contribution in [3.05, 3.63) is 30.5 Å². The molecule has 0 aliphatic heterocycles. The Morgan fingerprint density at radius 2 is 2.05 bits per heavy atom. The van der Waals surface area contributed by atoms with E-state index in [1.807, 2.05) is 24.4 Å². The SMILES string of the molecule is CCCC(COC)Nc1nccc2c(OC)cccc12. The number of rotatable bonds is 7. The molecule has 0 amide bonds. The van der Waals surface area contributed by atoms with Crippen LogP contribution in [0.25, 0.3) is 10.8 Å². The van der Waals surface area contributed by atoms with Crippen LogP contribution in [0.15, 0.2) is 30.5 Å². The fourth-order valence-electron chi connectivity index (χ4n) is 2.41. The zero-order chi connectivity index (χ0) is 14.4. The molecule has 0 fully saturated rings. The number of methoxy groups -OCH3 is 2. The van der Waals surface area contributed by atoms with Gasteiger partial charge in [0.25, 0.3) is 0 Å². The number of anilines is 1. The van der Waals surface area contributed by atoms with Crippen molar-refractivity contribution in [2.45, 2.75) is 25.8 Å². The maximum atomic E-state index is 5.40. The number of nitrogens with zero attached hydrogens (tertiary/aromatic N) is 1. The van der Waals surface area contributed by atoms with Crippen LogP contribution in [0.2, 0.25) is 0 Å². The van der Waals surface area contributed by atoms with Crippen molar-refractivity contribution in [2.75, 3.05) is 26.1 Å². The summed E-state index contributed by atoms with van der Waals surface area (Å²) in [5.41, 5.74) is 0. The van der Waals surface area contributed by atoms with Crippen LogP contribution in [0.1, 0.15) is 19.8 Å². The molecule has 1 aromatic heterocycles. The molecule has 1 aromatic carbocycles. The van der Waals surface area contributed by atoms with Crippen molar-refractivity contribution in [3.8, 4) is 5.75 Å². The smallest absolute Gasteiger partial charge is 0.134 e. The molecule has 0 bridgehead atoms. The van der Waals surface area contributed by atoms with Crippen molar-refractivity contribution in [3.63, 3.8) is 0 Å².